The van der Waals surface area contributed by atoms with E-state index in [9.17, 15) is 18.1 Å². The Morgan fingerprint density at radius 3 is 2.46 bits per heavy atom. The number of pyridine rings is 2. The van der Waals surface area contributed by atoms with Crippen molar-refractivity contribution < 1.29 is 17.5 Å². The Morgan fingerprint density at radius 2 is 1.76 bits per heavy atom. The number of hydrogen-bond acceptors (Lipinski definition) is 8. The summed E-state index contributed by atoms with van der Waals surface area (Å²) in [6.07, 6.45) is 4.35. The van der Waals surface area contributed by atoms with Gasteiger partial charge in [0.2, 0.25) is 5.95 Å². The molecule has 0 spiro atoms. The lowest BCUT2D eigenvalue weighted by molar-refractivity contribution is 0.480. The van der Waals surface area contributed by atoms with Crippen LogP contribution < -0.4 is 9.46 Å². The Morgan fingerprint density at radius 1 is 0.919 bits per heavy atom. The van der Waals surface area contributed by atoms with Crippen LogP contribution in [0.25, 0.3) is 22.4 Å². The molecule has 37 heavy (non-hydrogen) atoms. The van der Waals surface area contributed by atoms with Crippen molar-refractivity contribution >= 4 is 26.5 Å². The van der Waals surface area contributed by atoms with Gasteiger partial charge in [-0.05, 0) is 36.4 Å². The minimum atomic E-state index is -3.96. The Bertz CT molecular complexity index is 1700. The molecular weight excluding hydrogens is 513 g/mol. The molecule has 1 N–H and O–H groups in total. The average molecular weight is 530 g/mol. The lowest BCUT2D eigenvalue weighted by Crippen LogP contribution is -2.13. The van der Waals surface area contributed by atoms with E-state index in [1.54, 1.807) is 17.5 Å². The highest BCUT2D eigenvalue weighted by Gasteiger charge is 2.19. The molecule has 0 aliphatic carbocycles. The van der Waals surface area contributed by atoms with Gasteiger partial charge in [-0.2, -0.15) is 9.65 Å². The van der Waals surface area contributed by atoms with Gasteiger partial charge in [0.15, 0.2) is 10.9 Å². The fraction of sp³-hybridized carbons (Fsp3) is 0. The molecule has 3 heterocycles. The van der Waals surface area contributed by atoms with Gasteiger partial charge >= 0.3 is 0 Å². The predicted molar refractivity (Wildman–Crippen MR) is 137 cm³/mol. The summed E-state index contributed by atoms with van der Waals surface area (Å²) in [5.74, 6) is -0.221. The van der Waals surface area contributed by atoms with Crippen molar-refractivity contribution in [3.05, 3.63) is 102 Å². The molecule has 5 aromatic rings. The third kappa shape index (κ3) is 5.30. The quantitative estimate of drug-likeness (QED) is 0.262. The number of hydrogen-bond donors (Lipinski definition) is 1. The van der Waals surface area contributed by atoms with Crippen LogP contribution in [0.3, 0.4) is 0 Å². The number of aromatic nitrogens is 3. The van der Waals surface area contributed by atoms with Gasteiger partial charge in [0, 0.05) is 34.5 Å². The summed E-state index contributed by atoms with van der Waals surface area (Å²) in [5.41, 5.74) is 2.65. The minimum absolute atomic E-state index is 0.00247. The Kier molecular flexibility index (Phi) is 6.59. The summed E-state index contributed by atoms with van der Waals surface area (Å²) in [6, 6.07) is 20.0. The largest absolute Gasteiger partial charge is 0.454 e. The molecule has 2 aromatic carbocycles. The molecule has 11 heteroatoms. The van der Waals surface area contributed by atoms with Crippen LogP contribution >= 0.6 is 11.3 Å². The first-order valence-corrected chi connectivity index (χ1v) is 13.1. The van der Waals surface area contributed by atoms with Gasteiger partial charge in [-0.25, -0.2) is 18.4 Å². The van der Waals surface area contributed by atoms with Crippen LogP contribution in [0.4, 0.5) is 9.52 Å². The molecule has 0 aliphatic heterocycles. The van der Waals surface area contributed by atoms with Crippen LogP contribution in [-0.4, -0.2) is 23.4 Å². The highest BCUT2D eigenvalue weighted by atomic mass is 32.2. The van der Waals surface area contributed by atoms with E-state index in [2.05, 4.69) is 19.7 Å². The number of sulfonamides is 1. The van der Waals surface area contributed by atoms with Crippen molar-refractivity contribution in [2.75, 3.05) is 4.72 Å². The van der Waals surface area contributed by atoms with Crippen molar-refractivity contribution in [2.45, 2.75) is 4.90 Å². The van der Waals surface area contributed by atoms with Gasteiger partial charge in [0.1, 0.15) is 11.8 Å². The van der Waals surface area contributed by atoms with Crippen LogP contribution in [0.2, 0.25) is 0 Å². The zero-order chi connectivity index (χ0) is 25.8. The summed E-state index contributed by atoms with van der Waals surface area (Å²) >= 11 is 1.13. The second-order valence-corrected chi connectivity index (χ2v) is 10.2. The van der Waals surface area contributed by atoms with E-state index in [-0.39, 0.29) is 27.1 Å². The molecule has 0 saturated carbocycles. The standard InChI is InChI=1S/C26H16FN5O3S2/c27-25-9-6-18(15-31-25)21-13-22(17-4-2-1-3-5-17)30-16-24(21)35-23-8-7-20(12-19(23)14-28)37(33,34)32-26-29-10-11-36-26/h1-13,15-16H,(H,29,32). The molecule has 3 aromatic heterocycles. The number of rotatable bonds is 7. The smallest absolute Gasteiger partial charge is 0.263 e. The summed E-state index contributed by atoms with van der Waals surface area (Å²) in [5, 5.41) is 11.6. The normalized spacial score (nSPS) is 11.0. The van der Waals surface area contributed by atoms with Crippen molar-refractivity contribution in [3.63, 3.8) is 0 Å². The van der Waals surface area contributed by atoms with Crippen molar-refractivity contribution in [1.82, 2.24) is 15.0 Å². The summed E-state index contributed by atoms with van der Waals surface area (Å²) in [7, 11) is -3.96. The van der Waals surface area contributed by atoms with E-state index in [4.69, 9.17) is 4.74 Å². The Labute approximate surface area is 215 Å². The maximum atomic E-state index is 13.5. The van der Waals surface area contributed by atoms with Crippen LogP contribution in [0.1, 0.15) is 5.56 Å². The second kappa shape index (κ2) is 10.1. The summed E-state index contributed by atoms with van der Waals surface area (Å²) < 4.78 is 47.4. The lowest BCUT2D eigenvalue weighted by Gasteiger charge is -2.14. The maximum absolute atomic E-state index is 13.5. The van der Waals surface area contributed by atoms with Crippen LogP contribution in [0.15, 0.2) is 95.6 Å². The van der Waals surface area contributed by atoms with Crippen molar-refractivity contribution in [2.24, 2.45) is 0 Å². The molecule has 0 fully saturated rings. The van der Waals surface area contributed by atoms with Gasteiger partial charge < -0.3 is 4.74 Å². The van der Waals surface area contributed by atoms with Crippen LogP contribution in [0.5, 0.6) is 11.5 Å². The van der Waals surface area contributed by atoms with Gasteiger partial charge in [0.05, 0.1) is 22.3 Å². The Balaban J connectivity index is 1.53. The molecule has 5 rings (SSSR count). The molecule has 0 unspecified atom stereocenters. The zero-order valence-electron chi connectivity index (χ0n) is 18.9. The van der Waals surface area contributed by atoms with Crippen molar-refractivity contribution in [1.29, 1.82) is 5.26 Å². The average Bonchev–Trinajstić information content (AvgIpc) is 3.42. The van der Waals surface area contributed by atoms with E-state index in [1.807, 2.05) is 36.4 Å². The number of nitrogens with one attached hydrogen (secondary N) is 1. The SMILES string of the molecule is N#Cc1cc(S(=O)(=O)Nc2nccs2)ccc1Oc1cnc(-c2ccccc2)cc1-c1ccc(F)nc1. The number of halogens is 1. The molecule has 8 nitrogen and oxygen atoms in total. The molecule has 0 bridgehead atoms. The molecule has 0 saturated heterocycles. The molecule has 182 valence electrons. The van der Waals surface area contributed by atoms with Crippen molar-refractivity contribution in [3.8, 4) is 40.0 Å². The van der Waals surface area contributed by atoms with E-state index < -0.39 is 16.0 Å². The number of ether oxygens (including phenoxy) is 1. The first kappa shape index (κ1) is 24.1. The number of benzene rings is 2. The van der Waals surface area contributed by atoms with E-state index in [0.29, 0.717) is 16.8 Å². The van der Waals surface area contributed by atoms with Gasteiger partial charge in [-0.3, -0.25) is 9.71 Å². The maximum Gasteiger partial charge on any atom is 0.263 e. The van der Waals surface area contributed by atoms with Crippen LogP contribution in [-0.2, 0) is 10.0 Å². The zero-order valence-corrected chi connectivity index (χ0v) is 20.5. The summed E-state index contributed by atoms with van der Waals surface area (Å²) in [4.78, 5) is 12.0. The second-order valence-electron chi connectivity index (χ2n) is 7.62. The van der Waals surface area contributed by atoms with E-state index >= 15 is 0 Å². The van der Waals surface area contributed by atoms with Crippen LogP contribution in [0, 0.1) is 17.3 Å². The molecule has 0 aliphatic rings. The minimum Gasteiger partial charge on any atom is -0.454 e. The fourth-order valence-corrected chi connectivity index (χ4v) is 5.29. The lowest BCUT2D eigenvalue weighted by atomic mass is 10.0. The number of nitriles is 1. The number of anilines is 1. The van der Waals surface area contributed by atoms with Gasteiger partial charge in [0.25, 0.3) is 10.0 Å². The predicted octanol–water partition coefficient (Wildman–Crippen LogP) is 5.87. The third-order valence-electron chi connectivity index (χ3n) is 5.23. The third-order valence-corrected chi connectivity index (χ3v) is 7.39. The molecule has 0 amide bonds. The fourth-order valence-electron chi connectivity index (χ4n) is 3.47. The first-order chi connectivity index (χ1) is 17.9. The highest BCUT2D eigenvalue weighted by Crippen LogP contribution is 2.37. The highest BCUT2D eigenvalue weighted by molar-refractivity contribution is 7.93. The molecular formula is C26H16FN5O3S2. The van der Waals surface area contributed by atoms with Gasteiger partial charge in [-0.1, -0.05) is 30.3 Å². The van der Waals surface area contributed by atoms with E-state index in [0.717, 1.165) is 16.9 Å². The molecule has 0 atom stereocenters. The number of nitrogens with zero attached hydrogens (tertiary/aromatic N) is 4. The first-order valence-electron chi connectivity index (χ1n) is 10.7. The summed E-state index contributed by atoms with van der Waals surface area (Å²) in [6.45, 7) is 0. The molecule has 0 radical (unpaired) electrons. The number of thiazole rings is 1. The Hall–Kier alpha value is -4.66. The van der Waals surface area contributed by atoms with Gasteiger partial charge in [-0.15, -0.1) is 11.3 Å². The topological polar surface area (TPSA) is 118 Å². The van der Waals surface area contributed by atoms with E-state index in [1.165, 1.54) is 42.9 Å². The monoisotopic (exact) mass is 529 g/mol.